The van der Waals surface area contributed by atoms with Gasteiger partial charge >= 0.3 is 0 Å². The zero-order valence-corrected chi connectivity index (χ0v) is 15.6. The lowest BCUT2D eigenvalue weighted by Gasteiger charge is -2.08. The van der Waals surface area contributed by atoms with Gasteiger partial charge in [-0.25, -0.2) is 4.98 Å². The van der Waals surface area contributed by atoms with Crippen LogP contribution in [-0.2, 0) is 0 Å². The molecule has 1 N–H and O–H groups in total. The molecule has 0 radical (unpaired) electrons. The highest BCUT2D eigenvalue weighted by Crippen LogP contribution is 2.36. The van der Waals surface area contributed by atoms with Crippen LogP contribution in [0.2, 0.25) is 5.28 Å². The molecule has 0 saturated carbocycles. The molecule has 0 aliphatic heterocycles. The number of benzene rings is 2. The molecule has 130 valence electrons. The average molecular weight is 382 g/mol. The third-order valence-corrected chi connectivity index (χ3v) is 5.10. The Morgan fingerprint density at radius 3 is 2.54 bits per heavy atom. The Morgan fingerprint density at radius 1 is 1.04 bits per heavy atom. The minimum Gasteiger partial charge on any atom is -0.494 e. The highest BCUT2D eigenvalue weighted by atomic mass is 35.5. The second-order valence-electron chi connectivity index (χ2n) is 5.62. The van der Waals surface area contributed by atoms with E-state index < -0.39 is 0 Å². The molecular weight excluding hydrogens is 366 g/mol. The topological polar surface area (TPSA) is 47.0 Å². The zero-order valence-electron chi connectivity index (χ0n) is 14.1. The van der Waals surface area contributed by atoms with Gasteiger partial charge < -0.3 is 10.1 Å². The number of thiophene rings is 1. The van der Waals surface area contributed by atoms with Crippen molar-refractivity contribution in [2.45, 2.75) is 6.92 Å². The van der Waals surface area contributed by atoms with E-state index in [0.717, 1.165) is 32.1 Å². The molecule has 2 heterocycles. The summed E-state index contributed by atoms with van der Waals surface area (Å²) in [6.45, 7) is 2.61. The lowest BCUT2D eigenvalue weighted by Crippen LogP contribution is -1.96. The van der Waals surface area contributed by atoms with Crippen LogP contribution in [0.25, 0.3) is 20.7 Å². The lowest BCUT2D eigenvalue weighted by molar-refractivity contribution is 0.340. The number of hydrogen-bond acceptors (Lipinski definition) is 5. The van der Waals surface area contributed by atoms with Crippen molar-refractivity contribution in [1.29, 1.82) is 0 Å². The molecule has 2 aromatic carbocycles. The van der Waals surface area contributed by atoms with Crippen LogP contribution in [0.1, 0.15) is 6.92 Å². The molecule has 0 aliphatic carbocycles. The van der Waals surface area contributed by atoms with Gasteiger partial charge in [0.25, 0.3) is 0 Å². The summed E-state index contributed by atoms with van der Waals surface area (Å²) in [5, 5.41) is 4.52. The normalized spacial score (nSPS) is 10.8. The Labute approximate surface area is 160 Å². The van der Waals surface area contributed by atoms with E-state index >= 15 is 0 Å². The summed E-state index contributed by atoms with van der Waals surface area (Å²) in [6, 6.07) is 20.1. The average Bonchev–Trinajstić information content (AvgIpc) is 3.08. The van der Waals surface area contributed by atoms with Crippen LogP contribution in [0.3, 0.4) is 0 Å². The van der Waals surface area contributed by atoms with Crippen LogP contribution < -0.4 is 10.1 Å². The first-order valence-corrected chi connectivity index (χ1v) is 9.45. The summed E-state index contributed by atoms with van der Waals surface area (Å²) in [5.74, 6) is 1.54. The number of ether oxygens (including phenoxy) is 1. The van der Waals surface area contributed by atoms with E-state index in [0.29, 0.717) is 12.4 Å². The molecule has 0 spiro atoms. The van der Waals surface area contributed by atoms with Crippen molar-refractivity contribution in [3.8, 4) is 16.2 Å². The van der Waals surface area contributed by atoms with E-state index in [1.54, 1.807) is 11.3 Å². The monoisotopic (exact) mass is 381 g/mol. The molecule has 4 aromatic rings. The van der Waals surface area contributed by atoms with E-state index in [4.69, 9.17) is 16.3 Å². The van der Waals surface area contributed by atoms with E-state index in [9.17, 15) is 0 Å². The first-order valence-electron chi connectivity index (χ1n) is 8.25. The van der Waals surface area contributed by atoms with Crippen molar-refractivity contribution in [3.05, 3.63) is 65.9 Å². The van der Waals surface area contributed by atoms with Crippen LogP contribution >= 0.6 is 22.9 Å². The lowest BCUT2D eigenvalue weighted by atomic mass is 10.2. The zero-order chi connectivity index (χ0) is 17.9. The maximum absolute atomic E-state index is 6.14. The van der Waals surface area contributed by atoms with Crippen LogP contribution in [0.4, 0.5) is 11.5 Å². The first kappa shape index (κ1) is 16.8. The number of nitrogens with zero attached hydrogens (tertiary/aromatic N) is 2. The van der Waals surface area contributed by atoms with Gasteiger partial charge in [-0.15, -0.1) is 11.3 Å². The van der Waals surface area contributed by atoms with Crippen LogP contribution in [0, 0.1) is 0 Å². The van der Waals surface area contributed by atoms with Crippen LogP contribution in [-0.4, -0.2) is 16.6 Å². The fourth-order valence-corrected chi connectivity index (χ4v) is 3.93. The maximum atomic E-state index is 6.14. The van der Waals surface area contributed by atoms with Crippen molar-refractivity contribution < 1.29 is 4.74 Å². The summed E-state index contributed by atoms with van der Waals surface area (Å²) < 4.78 is 5.48. The number of rotatable bonds is 5. The van der Waals surface area contributed by atoms with Gasteiger partial charge in [0.05, 0.1) is 12.0 Å². The number of aromatic nitrogens is 2. The SMILES string of the molecule is CCOc1ccc(Nc2nc(Cl)nc3sc(-c4ccccc4)cc23)cc1. The predicted molar refractivity (Wildman–Crippen MR) is 109 cm³/mol. The molecule has 4 nitrogen and oxygen atoms in total. The second kappa shape index (κ2) is 7.32. The van der Waals surface area contributed by atoms with Gasteiger partial charge in [-0.05, 0) is 54.4 Å². The third kappa shape index (κ3) is 3.49. The van der Waals surface area contributed by atoms with Crippen molar-refractivity contribution >= 4 is 44.7 Å². The van der Waals surface area contributed by atoms with E-state index in [1.807, 2.05) is 49.4 Å². The Hall–Kier alpha value is -2.63. The minimum atomic E-state index is 0.229. The van der Waals surface area contributed by atoms with Gasteiger partial charge in [-0.3, -0.25) is 0 Å². The Kier molecular flexibility index (Phi) is 4.73. The molecule has 0 atom stereocenters. The molecule has 0 fully saturated rings. The molecule has 26 heavy (non-hydrogen) atoms. The van der Waals surface area contributed by atoms with E-state index in [2.05, 4.69) is 33.5 Å². The predicted octanol–water partition coefficient (Wildman–Crippen LogP) is 6.15. The van der Waals surface area contributed by atoms with Gasteiger partial charge in [0.1, 0.15) is 16.4 Å². The Morgan fingerprint density at radius 2 is 1.81 bits per heavy atom. The molecule has 4 rings (SSSR count). The van der Waals surface area contributed by atoms with Crippen molar-refractivity contribution in [3.63, 3.8) is 0 Å². The highest BCUT2D eigenvalue weighted by Gasteiger charge is 2.12. The van der Waals surface area contributed by atoms with Crippen LogP contribution in [0.15, 0.2) is 60.7 Å². The fraction of sp³-hybridized carbons (Fsp3) is 0.100. The van der Waals surface area contributed by atoms with Crippen molar-refractivity contribution in [2.24, 2.45) is 0 Å². The van der Waals surface area contributed by atoms with Gasteiger partial charge in [-0.2, -0.15) is 4.98 Å². The van der Waals surface area contributed by atoms with Gasteiger partial charge in [0.15, 0.2) is 0 Å². The molecule has 6 heteroatoms. The molecule has 2 aromatic heterocycles. The van der Waals surface area contributed by atoms with Gasteiger partial charge in [-0.1, -0.05) is 30.3 Å². The molecular formula is C20H16ClN3OS. The summed E-state index contributed by atoms with van der Waals surface area (Å²) in [4.78, 5) is 10.7. The van der Waals surface area contributed by atoms with Crippen molar-refractivity contribution in [2.75, 3.05) is 11.9 Å². The maximum Gasteiger partial charge on any atom is 0.225 e. The Bertz CT molecular complexity index is 1030. The highest BCUT2D eigenvalue weighted by molar-refractivity contribution is 7.22. The smallest absolute Gasteiger partial charge is 0.225 e. The largest absolute Gasteiger partial charge is 0.494 e. The Balaban J connectivity index is 1.71. The number of halogens is 1. The first-order chi connectivity index (χ1) is 12.7. The molecule has 0 aliphatic rings. The van der Waals surface area contributed by atoms with Gasteiger partial charge in [0.2, 0.25) is 5.28 Å². The van der Waals surface area contributed by atoms with E-state index in [-0.39, 0.29) is 5.28 Å². The van der Waals surface area contributed by atoms with Crippen LogP contribution in [0.5, 0.6) is 5.75 Å². The summed E-state index contributed by atoms with van der Waals surface area (Å²) in [7, 11) is 0. The van der Waals surface area contributed by atoms with Crippen molar-refractivity contribution in [1.82, 2.24) is 9.97 Å². The number of nitrogens with one attached hydrogen (secondary N) is 1. The second-order valence-corrected chi connectivity index (χ2v) is 6.99. The summed E-state index contributed by atoms with van der Waals surface area (Å²) >= 11 is 7.74. The van der Waals surface area contributed by atoms with E-state index in [1.165, 1.54) is 0 Å². The molecule has 0 bridgehead atoms. The molecule has 0 amide bonds. The molecule has 0 unspecified atom stereocenters. The third-order valence-electron chi connectivity index (χ3n) is 3.85. The minimum absolute atomic E-state index is 0.229. The fourth-order valence-electron chi connectivity index (χ4n) is 2.67. The quantitative estimate of drug-likeness (QED) is 0.421. The number of fused-ring (bicyclic) bond motifs is 1. The molecule has 0 saturated heterocycles. The van der Waals surface area contributed by atoms with Gasteiger partial charge in [0, 0.05) is 10.6 Å². The summed E-state index contributed by atoms with van der Waals surface area (Å²) in [6.07, 6.45) is 0. The number of anilines is 2. The number of hydrogen-bond donors (Lipinski definition) is 1. The summed E-state index contributed by atoms with van der Waals surface area (Å²) in [5.41, 5.74) is 2.07. The standard InChI is InChI=1S/C20H16ClN3OS/c1-2-25-15-10-8-14(9-11-15)22-18-16-12-17(13-6-4-3-5-7-13)26-19(16)24-20(21)23-18/h3-12H,2H2,1H3,(H,22,23,24).